The second kappa shape index (κ2) is 2.54. The summed E-state index contributed by atoms with van der Waals surface area (Å²) in [5.41, 5.74) is 11.8. The molecule has 13 heavy (non-hydrogen) atoms. The van der Waals surface area contributed by atoms with E-state index in [0.29, 0.717) is 23.8 Å². The summed E-state index contributed by atoms with van der Waals surface area (Å²) in [7, 11) is 0. The van der Waals surface area contributed by atoms with Gasteiger partial charge in [-0.1, -0.05) is 4.85 Å². The first-order valence-corrected chi connectivity index (χ1v) is 3.85. The van der Waals surface area contributed by atoms with Crippen molar-refractivity contribution in [3.8, 4) is 0 Å². The van der Waals surface area contributed by atoms with Gasteiger partial charge in [0.05, 0.1) is 0 Å². The zero-order valence-electron chi connectivity index (χ0n) is 7.14. The summed E-state index contributed by atoms with van der Waals surface area (Å²) >= 11 is 0. The van der Waals surface area contributed by atoms with Crippen molar-refractivity contribution in [3.05, 3.63) is 6.07 Å². The Bertz CT molecular complexity index is 429. The average Bonchev–Trinajstić information content (AvgIpc) is 2.58. The van der Waals surface area contributed by atoms with Crippen LogP contribution < -0.4 is 16.3 Å². The number of nitrogens with two attached hydrogens (primary N) is 2. The SMILES string of the molecule is CCOn1c(N)cc2c(N)nnn21. The molecule has 4 N–H and O–H groups in total. The van der Waals surface area contributed by atoms with E-state index in [1.165, 1.54) is 9.48 Å². The molecule has 2 aromatic rings. The number of hydrogen-bond donors (Lipinski definition) is 2. The van der Waals surface area contributed by atoms with Crippen molar-refractivity contribution >= 4 is 17.2 Å². The minimum atomic E-state index is 0.338. The molecule has 0 unspecified atom stereocenters. The first-order chi connectivity index (χ1) is 6.24. The standard InChI is InChI=1S/C6H10N6O/c1-2-13-12-5(7)3-4-6(8)9-10-11(4)12/h3H,2,7-8H2,1H3. The van der Waals surface area contributed by atoms with E-state index in [9.17, 15) is 0 Å². The lowest BCUT2D eigenvalue weighted by atomic mass is 10.5. The van der Waals surface area contributed by atoms with E-state index in [1.54, 1.807) is 6.07 Å². The molecule has 0 saturated carbocycles. The van der Waals surface area contributed by atoms with Gasteiger partial charge in [0.15, 0.2) is 11.6 Å². The van der Waals surface area contributed by atoms with Crippen LogP contribution in [0, 0.1) is 0 Å². The van der Waals surface area contributed by atoms with Crippen LogP contribution in [-0.4, -0.2) is 26.4 Å². The fraction of sp³-hybridized carbons (Fsp3) is 0.333. The fourth-order valence-corrected chi connectivity index (χ4v) is 1.11. The van der Waals surface area contributed by atoms with Gasteiger partial charge in [0.25, 0.3) is 0 Å². The smallest absolute Gasteiger partial charge is 0.175 e. The molecule has 0 radical (unpaired) electrons. The van der Waals surface area contributed by atoms with Crippen LogP contribution >= 0.6 is 0 Å². The molecule has 0 amide bonds. The van der Waals surface area contributed by atoms with E-state index in [1.807, 2.05) is 6.92 Å². The highest BCUT2D eigenvalue weighted by Crippen LogP contribution is 2.14. The molecule has 0 bridgehead atoms. The lowest BCUT2D eigenvalue weighted by Gasteiger charge is -2.04. The Balaban J connectivity index is 2.64. The molecule has 0 aliphatic heterocycles. The van der Waals surface area contributed by atoms with Crippen LogP contribution in [0.15, 0.2) is 6.07 Å². The third-order valence-electron chi connectivity index (χ3n) is 1.64. The van der Waals surface area contributed by atoms with Gasteiger partial charge in [-0.05, 0) is 12.1 Å². The highest BCUT2D eigenvalue weighted by molar-refractivity contribution is 5.67. The quantitative estimate of drug-likeness (QED) is 0.630. The summed E-state index contributed by atoms with van der Waals surface area (Å²) in [4.78, 5) is 6.55. The molecule has 7 nitrogen and oxygen atoms in total. The van der Waals surface area contributed by atoms with Crippen molar-refractivity contribution in [1.82, 2.24) is 19.8 Å². The van der Waals surface area contributed by atoms with Crippen molar-refractivity contribution in [2.75, 3.05) is 18.1 Å². The van der Waals surface area contributed by atoms with Gasteiger partial charge in [-0.2, -0.15) is 0 Å². The van der Waals surface area contributed by atoms with E-state index in [0.717, 1.165) is 0 Å². The Labute approximate surface area is 73.8 Å². The number of fused-ring (bicyclic) bond motifs is 1. The minimum absolute atomic E-state index is 0.338. The predicted molar refractivity (Wildman–Crippen MR) is 46.9 cm³/mol. The minimum Gasteiger partial charge on any atom is -0.395 e. The maximum absolute atomic E-state index is 5.65. The fourth-order valence-electron chi connectivity index (χ4n) is 1.11. The van der Waals surface area contributed by atoms with Gasteiger partial charge in [0.1, 0.15) is 12.1 Å². The maximum atomic E-state index is 5.65. The van der Waals surface area contributed by atoms with E-state index < -0.39 is 0 Å². The lowest BCUT2D eigenvalue weighted by Crippen LogP contribution is -2.19. The number of nitrogen functional groups attached to an aromatic ring is 2. The predicted octanol–water partition coefficient (Wildman–Crippen LogP) is -0.856. The summed E-state index contributed by atoms with van der Waals surface area (Å²) in [6.45, 7) is 2.35. The van der Waals surface area contributed by atoms with E-state index in [-0.39, 0.29) is 0 Å². The molecular formula is C6H10N6O. The lowest BCUT2D eigenvalue weighted by molar-refractivity contribution is 0.0810. The average molecular weight is 182 g/mol. The highest BCUT2D eigenvalue weighted by Gasteiger charge is 2.11. The number of nitrogens with zero attached hydrogens (tertiary/aromatic N) is 4. The second-order valence-corrected chi connectivity index (χ2v) is 2.51. The Morgan fingerprint density at radius 2 is 2.31 bits per heavy atom. The van der Waals surface area contributed by atoms with E-state index in [2.05, 4.69) is 10.3 Å². The van der Waals surface area contributed by atoms with Crippen LogP contribution in [0.3, 0.4) is 0 Å². The molecule has 0 aromatic carbocycles. The third kappa shape index (κ3) is 0.968. The Morgan fingerprint density at radius 3 is 3.00 bits per heavy atom. The summed E-state index contributed by atoms with van der Waals surface area (Å²) < 4.78 is 1.41. The van der Waals surface area contributed by atoms with Gasteiger partial charge in [0.2, 0.25) is 0 Å². The summed E-state index contributed by atoms with van der Waals surface area (Å²) in [6, 6.07) is 1.66. The van der Waals surface area contributed by atoms with Gasteiger partial charge in [-0.25, -0.2) is 0 Å². The summed E-state index contributed by atoms with van der Waals surface area (Å²) in [5.74, 6) is 0.781. The Morgan fingerprint density at radius 1 is 1.54 bits per heavy atom. The number of anilines is 2. The number of hydrogen-bond acceptors (Lipinski definition) is 5. The normalized spacial score (nSPS) is 10.8. The van der Waals surface area contributed by atoms with Crippen molar-refractivity contribution in [3.63, 3.8) is 0 Å². The largest absolute Gasteiger partial charge is 0.395 e. The van der Waals surface area contributed by atoms with Crippen LogP contribution in [0.4, 0.5) is 11.6 Å². The van der Waals surface area contributed by atoms with Gasteiger partial charge >= 0.3 is 0 Å². The molecule has 2 rings (SSSR count). The number of aromatic nitrogens is 4. The molecule has 7 heteroatoms. The first-order valence-electron chi connectivity index (χ1n) is 3.85. The van der Waals surface area contributed by atoms with Gasteiger partial charge < -0.3 is 16.3 Å². The molecule has 0 fully saturated rings. The van der Waals surface area contributed by atoms with Crippen LogP contribution in [-0.2, 0) is 0 Å². The molecule has 70 valence electrons. The second-order valence-electron chi connectivity index (χ2n) is 2.51. The molecule has 0 aliphatic carbocycles. The zero-order chi connectivity index (χ0) is 9.42. The Hall–Kier alpha value is -1.92. The van der Waals surface area contributed by atoms with E-state index >= 15 is 0 Å². The van der Waals surface area contributed by atoms with Crippen LogP contribution in [0.25, 0.3) is 5.52 Å². The van der Waals surface area contributed by atoms with Crippen molar-refractivity contribution in [2.24, 2.45) is 0 Å². The zero-order valence-corrected chi connectivity index (χ0v) is 7.14. The topological polar surface area (TPSA) is 96.4 Å². The molecule has 2 aromatic heterocycles. The van der Waals surface area contributed by atoms with Crippen molar-refractivity contribution < 1.29 is 4.84 Å². The molecule has 0 spiro atoms. The number of rotatable bonds is 2. The summed E-state index contributed by atoms with van der Waals surface area (Å²) in [5, 5.41) is 7.43. The van der Waals surface area contributed by atoms with Crippen LogP contribution in [0.5, 0.6) is 0 Å². The third-order valence-corrected chi connectivity index (χ3v) is 1.64. The monoisotopic (exact) mass is 182 g/mol. The Kier molecular flexibility index (Phi) is 1.51. The molecule has 0 atom stereocenters. The van der Waals surface area contributed by atoms with Crippen LogP contribution in [0.1, 0.15) is 6.92 Å². The first kappa shape index (κ1) is 7.71. The van der Waals surface area contributed by atoms with Gasteiger partial charge in [-0.3, -0.25) is 0 Å². The van der Waals surface area contributed by atoms with Gasteiger partial charge in [0, 0.05) is 6.07 Å². The molecule has 0 saturated heterocycles. The van der Waals surface area contributed by atoms with Crippen molar-refractivity contribution in [1.29, 1.82) is 0 Å². The van der Waals surface area contributed by atoms with Crippen LogP contribution in [0.2, 0.25) is 0 Å². The molecular weight excluding hydrogens is 172 g/mol. The van der Waals surface area contributed by atoms with Gasteiger partial charge in [-0.15, -0.1) is 9.73 Å². The maximum Gasteiger partial charge on any atom is 0.175 e. The highest BCUT2D eigenvalue weighted by atomic mass is 16.7. The summed E-state index contributed by atoms with van der Waals surface area (Å²) in [6.07, 6.45) is 0. The molecule has 0 aliphatic rings. The molecule has 2 heterocycles. The van der Waals surface area contributed by atoms with Crippen molar-refractivity contribution in [2.45, 2.75) is 6.92 Å². The van der Waals surface area contributed by atoms with E-state index in [4.69, 9.17) is 16.3 Å².